The van der Waals surface area contributed by atoms with Crippen molar-refractivity contribution in [1.29, 1.82) is 0 Å². The molecule has 8 heteroatoms. The van der Waals surface area contributed by atoms with Gasteiger partial charge in [-0.15, -0.1) is 0 Å². The van der Waals surface area contributed by atoms with Crippen molar-refractivity contribution >= 4 is 27.0 Å². The van der Waals surface area contributed by atoms with Crippen molar-refractivity contribution in [2.24, 2.45) is 0 Å². The molecule has 0 saturated carbocycles. The molecular weight excluding hydrogens is 344 g/mol. The molecular formula is C17H16N2O5S. The average Bonchev–Trinajstić information content (AvgIpc) is 2.87. The van der Waals surface area contributed by atoms with E-state index in [9.17, 15) is 13.2 Å². The Labute approximate surface area is 144 Å². The highest BCUT2D eigenvalue weighted by Gasteiger charge is 2.26. The van der Waals surface area contributed by atoms with Gasteiger partial charge in [0.1, 0.15) is 5.75 Å². The zero-order valence-electron chi connectivity index (χ0n) is 13.6. The Morgan fingerprint density at radius 3 is 2.72 bits per heavy atom. The third-order valence-electron chi connectivity index (χ3n) is 3.95. The fraction of sp³-hybridized carbons (Fsp3) is 0.176. The summed E-state index contributed by atoms with van der Waals surface area (Å²) >= 11 is 0. The maximum atomic E-state index is 13.2. The Morgan fingerprint density at radius 1 is 1.28 bits per heavy atom. The number of aliphatic carboxylic acids is 1. The molecule has 3 aromatic rings. The lowest BCUT2D eigenvalue weighted by molar-refractivity contribution is -0.136. The summed E-state index contributed by atoms with van der Waals surface area (Å²) < 4.78 is 32.5. The number of ether oxygens (including phenoxy) is 1. The summed E-state index contributed by atoms with van der Waals surface area (Å²) in [6.07, 6.45) is 1.19. The third-order valence-corrected chi connectivity index (χ3v) is 5.73. The summed E-state index contributed by atoms with van der Waals surface area (Å²) in [7, 11) is -2.51. The third kappa shape index (κ3) is 2.85. The molecule has 0 spiro atoms. The number of hydrogen-bond acceptors (Lipinski definition) is 5. The summed E-state index contributed by atoms with van der Waals surface area (Å²) in [5.41, 5.74) is 0.972. The van der Waals surface area contributed by atoms with Gasteiger partial charge in [-0.25, -0.2) is 17.4 Å². The number of pyridine rings is 1. The van der Waals surface area contributed by atoms with Gasteiger partial charge >= 0.3 is 5.97 Å². The van der Waals surface area contributed by atoms with Crippen molar-refractivity contribution in [2.45, 2.75) is 18.2 Å². The minimum atomic E-state index is -3.96. The van der Waals surface area contributed by atoms with Gasteiger partial charge in [0.2, 0.25) is 0 Å². The Kier molecular flexibility index (Phi) is 4.22. The van der Waals surface area contributed by atoms with Crippen molar-refractivity contribution in [1.82, 2.24) is 8.96 Å². The molecule has 0 radical (unpaired) electrons. The fourth-order valence-electron chi connectivity index (χ4n) is 2.81. The maximum absolute atomic E-state index is 13.2. The van der Waals surface area contributed by atoms with Gasteiger partial charge in [-0.05, 0) is 36.8 Å². The van der Waals surface area contributed by atoms with Crippen LogP contribution in [-0.4, -0.2) is 35.6 Å². The topological polar surface area (TPSA) is 98.5 Å². The molecule has 0 amide bonds. The fourth-order valence-corrected chi connectivity index (χ4v) is 4.38. The first-order chi connectivity index (χ1) is 11.9. The zero-order chi connectivity index (χ0) is 18.2. The van der Waals surface area contributed by atoms with Crippen LogP contribution in [0, 0.1) is 6.92 Å². The molecule has 0 unspecified atom stereocenters. The van der Waals surface area contributed by atoms with Crippen molar-refractivity contribution in [3.05, 3.63) is 53.9 Å². The Bertz CT molecular complexity index is 1070. The van der Waals surface area contributed by atoms with Gasteiger partial charge in [-0.1, -0.05) is 6.07 Å². The molecule has 0 aliphatic rings. The van der Waals surface area contributed by atoms with Crippen LogP contribution in [0.25, 0.3) is 11.0 Å². The van der Waals surface area contributed by atoms with E-state index >= 15 is 0 Å². The van der Waals surface area contributed by atoms with Gasteiger partial charge in [0.05, 0.1) is 18.4 Å². The van der Waals surface area contributed by atoms with Crippen LogP contribution in [0.15, 0.2) is 47.5 Å². The molecule has 25 heavy (non-hydrogen) atoms. The van der Waals surface area contributed by atoms with E-state index in [1.807, 2.05) is 0 Å². The minimum absolute atomic E-state index is 0.0411. The van der Waals surface area contributed by atoms with Crippen LogP contribution in [0.2, 0.25) is 0 Å². The van der Waals surface area contributed by atoms with Gasteiger partial charge in [0, 0.05) is 23.3 Å². The summed E-state index contributed by atoms with van der Waals surface area (Å²) in [5.74, 6) is -0.626. The molecule has 0 atom stereocenters. The number of fused-ring (bicyclic) bond motifs is 1. The number of nitrogens with zero attached hydrogens (tertiary/aromatic N) is 2. The number of carbonyl (C=O) groups is 1. The van der Waals surface area contributed by atoms with Crippen molar-refractivity contribution < 1.29 is 23.1 Å². The zero-order valence-corrected chi connectivity index (χ0v) is 14.4. The number of methoxy groups -OCH3 is 1. The maximum Gasteiger partial charge on any atom is 0.307 e. The lowest BCUT2D eigenvalue weighted by Gasteiger charge is -2.10. The Hall–Kier alpha value is -2.87. The van der Waals surface area contributed by atoms with Crippen LogP contribution in [0.1, 0.15) is 11.3 Å². The van der Waals surface area contributed by atoms with Crippen molar-refractivity contribution in [2.75, 3.05) is 7.11 Å². The molecule has 0 aliphatic carbocycles. The number of rotatable bonds is 5. The van der Waals surface area contributed by atoms with Crippen molar-refractivity contribution in [3.8, 4) is 5.75 Å². The van der Waals surface area contributed by atoms with E-state index in [1.54, 1.807) is 31.2 Å². The molecule has 0 saturated heterocycles. The van der Waals surface area contributed by atoms with Crippen LogP contribution in [-0.2, 0) is 21.2 Å². The SMILES string of the molecule is COc1cccc(S(=O)(=O)n2c(C)c(CC(=O)O)c3cccnc32)c1. The molecule has 7 nitrogen and oxygen atoms in total. The second-order valence-electron chi connectivity index (χ2n) is 5.46. The lowest BCUT2D eigenvalue weighted by atomic mass is 10.1. The van der Waals surface area contributed by atoms with E-state index in [0.717, 1.165) is 3.97 Å². The molecule has 1 aromatic carbocycles. The quantitative estimate of drug-likeness (QED) is 0.749. The van der Waals surface area contributed by atoms with E-state index < -0.39 is 16.0 Å². The first kappa shape index (κ1) is 17.0. The van der Waals surface area contributed by atoms with E-state index in [1.165, 1.54) is 25.4 Å². The number of benzene rings is 1. The van der Waals surface area contributed by atoms with Crippen LogP contribution in [0.5, 0.6) is 5.75 Å². The normalized spacial score (nSPS) is 11.6. The van der Waals surface area contributed by atoms with Crippen LogP contribution < -0.4 is 4.74 Å². The predicted molar refractivity (Wildman–Crippen MR) is 91.4 cm³/mol. The standard InChI is InChI=1S/C17H16N2O5S/c1-11-15(10-16(20)21)14-7-4-8-18-17(14)19(11)25(22,23)13-6-3-5-12(9-13)24-2/h3-9H,10H2,1-2H3,(H,20,21). The Morgan fingerprint density at radius 2 is 2.04 bits per heavy atom. The highest BCUT2D eigenvalue weighted by molar-refractivity contribution is 7.90. The summed E-state index contributed by atoms with van der Waals surface area (Å²) in [5, 5.41) is 9.66. The van der Waals surface area contributed by atoms with Gasteiger partial charge in [0.25, 0.3) is 10.0 Å². The first-order valence-corrected chi connectivity index (χ1v) is 8.86. The van der Waals surface area contributed by atoms with Gasteiger partial charge in [-0.2, -0.15) is 0 Å². The van der Waals surface area contributed by atoms with Gasteiger partial charge < -0.3 is 9.84 Å². The highest BCUT2D eigenvalue weighted by Crippen LogP contribution is 2.30. The van der Waals surface area contributed by atoms with Crippen LogP contribution in [0.4, 0.5) is 0 Å². The van der Waals surface area contributed by atoms with Gasteiger partial charge in [0.15, 0.2) is 5.65 Å². The summed E-state index contributed by atoms with van der Waals surface area (Å²) in [6, 6.07) is 9.43. The van der Waals surface area contributed by atoms with Crippen molar-refractivity contribution in [3.63, 3.8) is 0 Å². The molecule has 1 N–H and O–H groups in total. The predicted octanol–water partition coefficient (Wildman–Crippen LogP) is 2.22. The Balaban J connectivity index is 2.31. The smallest absolute Gasteiger partial charge is 0.307 e. The largest absolute Gasteiger partial charge is 0.497 e. The second-order valence-corrected chi connectivity index (χ2v) is 7.24. The number of carboxylic acids is 1. The molecule has 0 aliphatic heterocycles. The molecule has 130 valence electrons. The van der Waals surface area contributed by atoms with E-state index in [4.69, 9.17) is 9.84 Å². The number of aromatic nitrogens is 2. The number of carboxylic acid groups (broad SMARTS) is 1. The van der Waals surface area contributed by atoms with E-state index in [-0.39, 0.29) is 17.0 Å². The summed E-state index contributed by atoms with van der Waals surface area (Å²) in [6.45, 7) is 1.58. The van der Waals surface area contributed by atoms with Crippen LogP contribution >= 0.6 is 0 Å². The monoisotopic (exact) mass is 360 g/mol. The lowest BCUT2D eigenvalue weighted by Crippen LogP contribution is -2.15. The molecule has 3 rings (SSSR count). The molecule has 2 aromatic heterocycles. The van der Waals surface area contributed by atoms with Gasteiger partial charge in [-0.3, -0.25) is 4.79 Å². The van der Waals surface area contributed by atoms with E-state index in [2.05, 4.69) is 4.98 Å². The minimum Gasteiger partial charge on any atom is -0.497 e. The average molecular weight is 360 g/mol. The van der Waals surface area contributed by atoms with Crippen LogP contribution in [0.3, 0.4) is 0 Å². The first-order valence-electron chi connectivity index (χ1n) is 7.42. The summed E-state index contributed by atoms with van der Waals surface area (Å²) in [4.78, 5) is 15.4. The molecule has 0 fully saturated rings. The highest BCUT2D eigenvalue weighted by atomic mass is 32.2. The second kappa shape index (κ2) is 6.21. The van der Waals surface area contributed by atoms with E-state index in [0.29, 0.717) is 22.4 Å². The molecule has 2 heterocycles. The number of hydrogen-bond donors (Lipinski definition) is 1. The molecule has 0 bridgehead atoms.